The van der Waals surface area contributed by atoms with Crippen LogP contribution in [0.15, 0.2) is 18.5 Å². The van der Waals surface area contributed by atoms with Crippen LogP contribution in [-0.4, -0.2) is 19.7 Å². The molecule has 0 bridgehead atoms. The molecule has 1 N–H and O–H groups in total. The van der Waals surface area contributed by atoms with Gasteiger partial charge in [-0.1, -0.05) is 0 Å². The average molecular weight is 267 g/mol. The van der Waals surface area contributed by atoms with E-state index < -0.39 is 0 Å². The Hall–Kier alpha value is -2.93. The van der Waals surface area contributed by atoms with Gasteiger partial charge in [0.15, 0.2) is 0 Å². The van der Waals surface area contributed by atoms with Crippen molar-refractivity contribution in [2.75, 3.05) is 5.32 Å². The van der Waals surface area contributed by atoms with E-state index in [0.717, 1.165) is 5.82 Å². The number of rotatable bonds is 4. The molecule has 2 heterocycles. The van der Waals surface area contributed by atoms with E-state index in [0.29, 0.717) is 12.2 Å². The molecule has 0 saturated heterocycles. The lowest BCUT2D eigenvalue weighted by Gasteiger charge is -2.11. The van der Waals surface area contributed by atoms with Crippen LogP contribution in [-0.2, 0) is 6.54 Å². The minimum absolute atomic E-state index is 0.205. The van der Waals surface area contributed by atoms with E-state index in [1.54, 1.807) is 12.1 Å². The maximum Gasteiger partial charge on any atom is 0.146 e. The first-order valence-electron chi connectivity index (χ1n) is 6.08. The van der Waals surface area contributed by atoms with Crippen molar-refractivity contribution in [3.63, 3.8) is 0 Å². The van der Waals surface area contributed by atoms with Crippen molar-refractivity contribution >= 4 is 5.69 Å². The summed E-state index contributed by atoms with van der Waals surface area (Å²) in [5, 5.41) is 25.0. The molecule has 2 aromatic rings. The largest absolute Gasteiger partial charge is 0.378 e. The molecule has 0 spiro atoms. The van der Waals surface area contributed by atoms with Crippen molar-refractivity contribution in [2.45, 2.75) is 26.4 Å². The maximum atomic E-state index is 8.87. The monoisotopic (exact) mass is 267 g/mol. The first-order valence-corrected chi connectivity index (χ1v) is 6.08. The lowest BCUT2D eigenvalue weighted by atomic mass is 10.2. The van der Waals surface area contributed by atoms with Gasteiger partial charge in [-0.05, 0) is 26.0 Å². The molecule has 0 unspecified atom stereocenters. The molecule has 7 heteroatoms. The third-order valence-electron chi connectivity index (χ3n) is 2.64. The van der Waals surface area contributed by atoms with E-state index in [9.17, 15) is 0 Å². The summed E-state index contributed by atoms with van der Waals surface area (Å²) in [6, 6.07) is 7.27. The number of hydrogen-bond donors (Lipinski definition) is 1. The van der Waals surface area contributed by atoms with E-state index in [1.165, 1.54) is 6.33 Å². The van der Waals surface area contributed by atoms with Gasteiger partial charge in [-0.3, -0.25) is 0 Å². The highest BCUT2D eigenvalue weighted by atomic mass is 15.4. The highest BCUT2D eigenvalue weighted by Crippen LogP contribution is 2.13. The highest BCUT2D eigenvalue weighted by Gasteiger charge is 2.08. The number of anilines is 1. The average Bonchev–Trinajstić information content (AvgIpc) is 2.93. The molecule has 20 heavy (non-hydrogen) atoms. The van der Waals surface area contributed by atoms with Crippen LogP contribution in [0.3, 0.4) is 0 Å². The van der Waals surface area contributed by atoms with Crippen LogP contribution in [0.2, 0.25) is 0 Å². The maximum absolute atomic E-state index is 8.87. The van der Waals surface area contributed by atoms with Crippen molar-refractivity contribution in [3.05, 3.63) is 35.7 Å². The Labute approximate surface area is 116 Å². The summed E-state index contributed by atoms with van der Waals surface area (Å²) in [7, 11) is 0. The van der Waals surface area contributed by atoms with Gasteiger partial charge in [0.05, 0.1) is 6.54 Å². The van der Waals surface area contributed by atoms with Crippen molar-refractivity contribution in [2.24, 2.45) is 0 Å². The molecule has 0 aliphatic heterocycles. The summed E-state index contributed by atoms with van der Waals surface area (Å²) in [4.78, 5) is 8.05. The Kier molecular flexibility index (Phi) is 3.92. The van der Waals surface area contributed by atoms with Crippen LogP contribution in [0, 0.1) is 22.7 Å². The normalized spacial score (nSPS) is 10.1. The first-order chi connectivity index (χ1) is 9.63. The number of hydrogen-bond acceptors (Lipinski definition) is 6. The van der Waals surface area contributed by atoms with Crippen molar-refractivity contribution in [3.8, 4) is 12.1 Å². The number of aromatic nitrogens is 4. The predicted molar refractivity (Wildman–Crippen MR) is 71.4 cm³/mol. The van der Waals surface area contributed by atoms with Gasteiger partial charge in [0.25, 0.3) is 0 Å². The predicted octanol–water partition coefficient (Wildman–Crippen LogP) is 1.61. The second-order valence-electron chi connectivity index (χ2n) is 4.42. The Morgan fingerprint density at radius 3 is 2.45 bits per heavy atom. The minimum atomic E-state index is 0.205. The molecular formula is C13H13N7. The number of pyridine rings is 1. The van der Waals surface area contributed by atoms with Gasteiger partial charge in [0, 0.05) is 11.7 Å². The van der Waals surface area contributed by atoms with Gasteiger partial charge >= 0.3 is 0 Å². The lowest BCUT2D eigenvalue weighted by Crippen LogP contribution is -2.12. The standard InChI is InChI=1S/C13H13N7/c1-9(2)20-13(17-8-18-20)7-16-10-3-11(5-14)19-12(4-10)6-15/h3-4,8-9H,7H2,1-2H3,(H,16,19). The van der Waals surface area contributed by atoms with Crippen molar-refractivity contribution in [1.29, 1.82) is 10.5 Å². The molecule has 0 aliphatic carbocycles. The van der Waals surface area contributed by atoms with Crippen LogP contribution in [0.1, 0.15) is 37.1 Å². The lowest BCUT2D eigenvalue weighted by molar-refractivity contribution is 0.509. The summed E-state index contributed by atoms with van der Waals surface area (Å²) in [6.07, 6.45) is 1.50. The fraction of sp³-hybridized carbons (Fsp3) is 0.308. The zero-order valence-electron chi connectivity index (χ0n) is 11.2. The van der Waals surface area contributed by atoms with Gasteiger partial charge in [0.2, 0.25) is 0 Å². The number of nitriles is 2. The SMILES string of the molecule is CC(C)n1ncnc1CNc1cc(C#N)nc(C#N)c1. The molecule has 0 fully saturated rings. The van der Waals surface area contributed by atoms with Gasteiger partial charge in [0.1, 0.15) is 35.7 Å². The summed E-state index contributed by atoms with van der Waals surface area (Å²) < 4.78 is 1.81. The quantitative estimate of drug-likeness (QED) is 0.902. The Bertz CT molecular complexity index is 655. The van der Waals surface area contributed by atoms with Crippen LogP contribution < -0.4 is 5.32 Å². The van der Waals surface area contributed by atoms with Crippen molar-refractivity contribution in [1.82, 2.24) is 19.7 Å². The van der Waals surface area contributed by atoms with Gasteiger partial charge < -0.3 is 5.32 Å². The Morgan fingerprint density at radius 2 is 1.90 bits per heavy atom. The highest BCUT2D eigenvalue weighted by molar-refractivity contribution is 5.50. The Balaban J connectivity index is 2.17. The molecular weight excluding hydrogens is 254 g/mol. The molecule has 0 amide bonds. The van der Waals surface area contributed by atoms with E-state index in [-0.39, 0.29) is 17.4 Å². The number of nitrogens with one attached hydrogen (secondary N) is 1. The molecule has 0 saturated carbocycles. The van der Waals surface area contributed by atoms with Gasteiger partial charge in [-0.15, -0.1) is 0 Å². The molecule has 7 nitrogen and oxygen atoms in total. The smallest absolute Gasteiger partial charge is 0.146 e. The molecule has 2 aromatic heterocycles. The molecule has 0 aromatic carbocycles. The van der Waals surface area contributed by atoms with E-state index in [4.69, 9.17) is 10.5 Å². The van der Waals surface area contributed by atoms with Crippen LogP contribution in [0.5, 0.6) is 0 Å². The minimum Gasteiger partial charge on any atom is -0.378 e. The summed E-state index contributed by atoms with van der Waals surface area (Å²) >= 11 is 0. The molecule has 0 atom stereocenters. The Morgan fingerprint density at radius 1 is 1.25 bits per heavy atom. The summed E-state index contributed by atoms with van der Waals surface area (Å²) in [6.45, 7) is 4.50. The first kappa shape index (κ1) is 13.5. The molecule has 100 valence electrons. The van der Waals surface area contributed by atoms with Crippen LogP contribution in [0.4, 0.5) is 5.69 Å². The third-order valence-corrected chi connectivity index (χ3v) is 2.64. The van der Waals surface area contributed by atoms with Gasteiger partial charge in [-0.25, -0.2) is 14.6 Å². The second kappa shape index (κ2) is 5.81. The van der Waals surface area contributed by atoms with Gasteiger partial charge in [-0.2, -0.15) is 15.6 Å². The van der Waals surface area contributed by atoms with Crippen molar-refractivity contribution < 1.29 is 0 Å². The summed E-state index contributed by atoms with van der Waals surface area (Å²) in [5.41, 5.74) is 1.07. The topological polar surface area (TPSA) is 103 Å². The summed E-state index contributed by atoms with van der Waals surface area (Å²) in [5.74, 6) is 0.786. The van der Waals surface area contributed by atoms with E-state index in [2.05, 4.69) is 20.4 Å². The fourth-order valence-corrected chi connectivity index (χ4v) is 1.76. The molecule has 2 rings (SSSR count). The van der Waals surface area contributed by atoms with E-state index >= 15 is 0 Å². The van der Waals surface area contributed by atoms with Crippen LogP contribution >= 0.6 is 0 Å². The molecule has 0 radical (unpaired) electrons. The number of nitrogens with zero attached hydrogens (tertiary/aromatic N) is 6. The van der Waals surface area contributed by atoms with Crippen LogP contribution in [0.25, 0.3) is 0 Å². The van der Waals surface area contributed by atoms with E-state index in [1.807, 2.05) is 30.7 Å². The third kappa shape index (κ3) is 2.90. The zero-order chi connectivity index (χ0) is 14.5. The second-order valence-corrected chi connectivity index (χ2v) is 4.42. The fourth-order valence-electron chi connectivity index (χ4n) is 1.76. The zero-order valence-corrected chi connectivity index (χ0v) is 11.2. The molecule has 0 aliphatic rings.